The lowest BCUT2D eigenvalue weighted by Gasteiger charge is -2.09. The number of benzene rings is 2. The first kappa shape index (κ1) is 22.2. The summed E-state index contributed by atoms with van der Waals surface area (Å²) in [6.45, 7) is 8.55. The Morgan fingerprint density at radius 2 is 1.90 bits per heavy atom. The van der Waals surface area contributed by atoms with E-state index in [4.69, 9.17) is 0 Å². The number of nitrogens with one attached hydrogen (secondary N) is 1. The molecule has 0 unspecified atom stereocenters. The van der Waals surface area contributed by atoms with Gasteiger partial charge in [-0.2, -0.15) is 0 Å². The average molecular weight is 439 g/mol. The van der Waals surface area contributed by atoms with Gasteiger partial charge in [0.15, 0.2) is 5.16 Å². The van der Waals surface area contributed by atoms with Gasteiger partial charge in [0.2, 0.25) is 5.91 Å². The fraction of sp³-hybridized carbons (Fsp3) is 0.261. The van der Waals surface area contributed by atoms with Crippen molar-refractivity contribution in [3.8, 4) is 0 Å². The van der Waals surface area contributed by atoms with Crippen LogP contribution >= 0.6 is 23.5 Å². The van der Waals surface area contributed by atoms with Gasteiger partial charge in [-0.1, -0.05) is 54.2 Å². The highest BCUT2D eigenvalue weighted by Gasteiger charge is 2.14. The number of allylic oxidation sites excluding steroid dienone is 1. The van der Waals surface area contributed by atoms with Gasteiger partial charge < -0.3 is 9.88 Å². The summed E-state index contributed by atoms with van der Waals surface area (Å²) in [5.41, 5.74) is 4.46. The largest absolute Gasteiger partial charge is 0.325 e. The minimum Gasteiger partial charge on any atom is -0.325 e. The van der Waals surface area contributed by atoms with E-state index in [1.165, 1.54) is 22.9 Å². The van der Waals surface area contributed by atoms with Gasteiger partial charge in [-0.05, 0) is 42.7 Å². The fourth-order valence-electron chi connectivity index (χ4n) is 2.83. The van der Waals surface area contributed by atoms with Gasteiger partial charge in [0.1, 0.15) is 5.82 Å². The molecule has 0 aliphatic carbocycles. The number of hydrogen-bond acceptors (Lipinski definition) is 5. The zero-order valence-corrected chi connectivity index (χ0v) is 18.9. The summed E-state index contributed by atoms with van der Waals surface area (Å²) in [5, 5.41) is 12.3. The van der Waals surface area contributed by atoms with Gasteiger partial charge in [0.05, 0.1) is 11.5 Å². The number of thioether (sulfide) groups is 2. The number of anilines is 1. The molecule has 0 fully saturated rings. The van der Waals surface area contributed by atoms with Gasteiger partial charge >= 0.3 is 0 Å². The smallest absolute Gasteiger partial charge is 0.234 e. The number of hydrogen-bond donors (Lipinski definition) is 1. The standard InChI is InChI=1S/C23H26N4OS2/c1-4-12-27-21(15-29-14-19-8-6-5-7-9-19)25-26-23(27)30-16-22(28)24-20-11-10-17(2)18(3)13-20/h4-11,13H,1,12,14-16H2,2-3H3,(H,24,28). The van der Waals surface area contributed by atoms with Gasteiger partial charge in [-0.25, -0.2) is 0 Å². The molecule has 1 aromatic heterocycles. The summed E-state index contributed by atoms with van der Waals surface area (Å²) in [6, 6.07) is 16.3. The zero-order chi connectivity index (χ0) is 21.3. The van der Waals surface area contributed by atoms with E-state index in [-0.39, 0.29) is 11.7 Å². The zero-order valence-electron chi connectivity index (χ0n) is 17.3. The Labute approximate surface area is 186 Å². The number of rotatable bonds is 10. The molecule has 0 atom stereocenters. The van der Waals surface area contributed by atoms with Crippen LogP contribution in [0.25, 0.3) is 0 Å². The molecule has 3 rings (SSSR count). The SMILES string of the molecule is C=CCn1c(CSCc2ccccc2)nnc1SCC(=O)Nc1ccc(C)c(C)c1. The molecule has 5 nitrogen and oxygen atoms in total. The lowest BCUT2D eigenvalue weighted by molar-refractivity contribution is -0.113. The molecule has 30 heavy (non-hydrogen) atoms. The molecule has 0 aliphatic rings. The maximum absolute atomic E-state index is 12.4. The van der Waals surface area contributed by atoms with E-state index in [0.717, 1.165) is 33.7 Å². The highest BCUT2D eigenvalue weighted by Crippen LogP contribution is 2.22. The molecule has 156 valence electrons. The normalized spacial score (nSPS) is 10.7. The highest BCUT2D eigenvalue weighted by molar-refractivity contribution is 7.99. The molecule has 7 heteroatoms. The molecule has 1 heterocycles. The predicted molar refractivity (Wildman–Crippen MR) is 127 cm³/mol. The number of amides is 1. The summed E-state index contributed by atoms with van der Waals surface area (Å²) in [7, 11) is 0. The Kier molecular flexibility index (Phi) is 8.16. The van der Waals surface area contributed by atoms with E-state index in [9.17, 15) is 4.79 Å². The van der Waals surface area contributed by atoms with E-state index in [1.807, 2.05) is 54.0 Å². The second-order valence-corrected chi connectivity index (χ2v) is 8.84. The second-order valence-electron chi connectivity index (χ2n) is 6.91. The molecule has 3 aromatic rings. The van der Waals surface area contributed by atoms with Crippen LogP contribution in [0.4, 0.5) is 5.69 Å². The van der Waals surface area contributed by atoms with Crippen molar-refractivity contribution >= 4 is 35.1 Å². The summed E-state index contributed by atoms with van der Waals surface area (Å²) in [4.78, 5) is 12.4. The van der Waals surface area contributed by atoms with E-state index in [2.05, 4.69) is 41.1 Å². The van der Waals surface area contributed by atoms with Crippen LogP contribution in [0.2, 0.25) is 0 Å². The minimum atomic E-state index is -0.0589. The third-order valence-corrected chi connectivity index (χ3v) is 6.54. The van der Waals surface area contributed by atoms with Crippen molar-refractivity contribution < 1.29 is 4.79 Å². The Morgan fingerprint density at radius 3 is 2.63 bits per heavy atom. The van der Waals surface area contributed by atoms with Crippen LogP contribution in [0.1, 0.15) is 22.5 Å². The summed E-state index contributed by atoms with van der Waals surface area (Å²) >= 11 is 3.19. The average Bonchev–Trinajstić information content (AvgIpc) is 3.12. The number of carbonyl (C=O) groups excluding carboxylic acids is 1. The maximum Gasteiger partial charge on any atom is 0.234 e. The van der Waals surface area contributed by atoms with Gasteiger partial charge in [0, 0.05) is 18.0 Å². The van der Waals surface area contributed by atoms with E-state index < -0.39 is 0 Å². The molecule has 0 aliphatic heterocycles. The van der Waals surface area contributed by atoms with Gasteiger partial charge in [0.25, 0.3) is 0 Å². The molecule has 2 aromatic carbocycles. The second kappa shape index (κ2) is 11.0. The Balaban J connectivity index is 1.56. The molecular formula is C23H26N4OS2. The Bertz CT molecular complexity index is 1000. The number of carbonyl (C=O) groups is 1. The first-order valence-electron chi connectivity index (χ1n) is 9.71. The van der Waals surface area contributed by atoms with Crippen LogP contribution in [0.5, 0.6) is 0 Å². The van der Waals surface area contributed by atoms with Crippen molar-refractivity contribution in [1.29, 1.82) is 0 Å². The van der Waals surface area contributed by atoms with E-state index in [0.29, 0.717) is 6.54 Å². The molecule has 0 saturated carbocycles. The minimum absolute atomic E-state index is 0.0589. The van der Waals surface area contributed by atoms with Crippen LogP contribution in [0.15, 0.2) is 66.3 Å². The summed E-state index contributed by atoms with van der Waals surface area (Å²) < 4.78 is 2.03. The van der Waals surface area contributed by atoms with Crippen molar-refractivity contribution in [2.24, 2.45) is 0 Å². The molecule has 0 saturated heterocycles. The van der Waals surface area contributed by atoms with Gasteiger partial charge in [-0.15, -0.1) is 28.5 Å². The Morgan fingerprint density at radius 1 is 1.10 bits per heavy atom. The third-order valence-electron chi connectivity index (χ3n) is 4.57. The van der Waals surface area contributed by atoms with Crippen molar-refractivity contribution in [3.63, 3.8) is 0 Å². The predicted octanol–water partition coefficient (Wildman–Crippen LogP) is 5.25. The summed E-state index contributed by atoms with van der Waals surface area (Å²) in [6.07, 6.45) is 1.83. The Hall–Kier alpha value is -2.51. The lowest BCUT2D eigenvalue weighted by Crippen LogP contribution is -2.15. The number of aromatic nitrogens is 3. The quantitative estimate of drug-likeness (QED) is 0.346. The fourth-order valence-corrected chi connectivity index (χ4v) is 4.52. The molecule has 0 radical (unpaired) electrons. The lowest BCUT2D eigenvalue weighted by atomic mass is 10.1. The highest BCUT2D eigenvalue weighted by atomic mass is 32.2. The van der Waals surface area contributed by atoms with Crippen LogP contribution in [-0.4, -0.2) is 26.4 Å². The first-order chi connectivity index (χ1) is 14.6. The van der Waals surface area contributed by atoms with E-state index >= 15 is 0 Å². The van der Waals surface area contributed by atoms with Crippen molar-refractivity contribution in [1.82, 2.24) is 14.8 Å². The summed E-state index contributed by atoms with van der Waals surface area (Å²) in [5.74, 6) is 2.79. The van der Waals surface area contributed by atoms with Crippen LogP contribution < -0.4 is 5.32 Å². The molecule has 0 spiro atoms. The number of aryl methyl sites for hydroxylation is 2. The third kappa shape index (κ3) is 6.24. The topological polar surface area (TPSA) is 59.8 Å². The van der Waals surface area contributed by atoms with Crippen molar-refractivity contribution in [2.45, 2.75) is 37.1 Å². The van der Waals surface area contributed by atoms with Crippen LogP contribution in [-0.2, 0) is 22.8 Å². The molecular weight excluding hydrogens is 412 g/mol. The molecule has 1 amide bonds. The van der Waals surface area contributed by atoms with Crippen LogP contribution in [0.3, 0.4) is 0 Å². The van der Waals surface area contributed by atoms with E-state index in [1.54, 1.807) is 11.8 Å². The molecule has 0 bridgehead atoms. The van der Waals surface area contributed by atoms with Crippen LogP contribution in [0, 0.1) is 13.8 Å². The van der Waals surface area contributed by atoms with Crippen molar-refractivity contribution in [2.75, 3.05) is 11.1 Å². The number of nitrogens with zero attached hydrogens (tertiary/aromatic N) is 3. The molecule has 1 N–H and O–H groups in total. The van der Waals surface area contributed by atoms with Gasteiger partial charge in [-0.3, -0.25) is 4.79 Å². The monoisotopic (exact) mass is 438 g/mol. The first-order valence-corrected chi connectivity index (χ1v) is 11.9. The van der Waals surface area contributed by atoms with Crippen molar-refractivity contribution in [3.05, 3.63) is 83.7 Å². The maximum atomic E-state index is 12.4.